The van der Waals surface area contributed by atoms with Crippen LogP contribution in [0.15, 0.2) is 52.3 Å². The van der Waals surface area contributed by atoms with E-state index in [1.165, 1.54) is 19.3 Å². The molecule has 2 aromatic carbocycles. The number of unbranched alkanes of at least 4 members (excludes halogenated alkanes) is 1. The fourth-order valence-electron chi connectivity index (χ4n) is 7.22. The predicted molar refractivity (Wildman–Crippen MR) is 134 cm³/mol. The Morgan fingerprint density at radius 3 is 2.26 bits per heavy atom. The predicted octanol–water partition coefficient (Wildman–Crippen LogP) is 5.88. The van der Waals surface area contributed by atoms with Crippen LogP contribution in [0.2, 0.25) is 0 Å². The van der Waals surface area contributed by atoms with Crippen molar-refractivity contribution in [3.05, 3.63) is 53.6 Å². The number of sulfone groups is 1. The molecule has 4 bridgehead atoms. The quantitative estimate of drug-likeness (QED) is 0.320. The third-order valence-electron chi connectivity index (χ3n) is 8.41. The summed E-state index contributed by atoms with van der Waals surface area (Å²) in [4.78, 5) is 12.7. The number of carbonyl (C=O) groups excluding carboxylic acids is 1. The maximum Gasteiger partial charge on any atom is 0.310 e. The van der Waals surface area contributed by atoms with Gasteiger partial charge in [-0.15, -0.1) is 0 Å². The Hall–Kier alpha value is -2.34. The molecule has 0 heterocycles. The van der Waals surface area contributed by atoms with E-state index < -0.39 is 9.84 Å². The van der Waals surface area contributed by atoms with Crippen LogP contribution in [0.3, 0.4) is 0 Å². The molecular weight excluding hydrogens is 460 g/mol. The monoisotopic (exact) mass is 496 g/mol. The minimum absolute atomic E-state index is 0.0235. The summed E-state index contributed by atoms with van der Waals surface area (Å²) in [6.45, 7) is 2.43. The largest absolute Gasteiger partial charge is 0.496 e. The highest BCUT2D eigenvalue weighted by atomic mass is 32.2. The lowest BCUT2D eigenvalue weighted by Crippen LogP contribution is -2.48. The van der Waals surface area contributed by atoms with Gasteiger partial charge >= 0.3 is 5.97 Å². The lowest BCUT2D eigenvalue weighted by molar-refractivity contribution is -0.142. The second-order valence-electron chi connectivity index (χ2n) is 11.0. The van der Waals surface area contributed by atoms with Crippen molar-refractivity contribution in [2.24, 2.45) is 17.8 Å². The van der Waals surface area contributed by atoms with Gasteiger partial charge in [0, 0.05) is 5.56 Å². The molecule has 35 heavy (non-hydrogen) atoms. The molecule has 4 aliphatic carbocycles. The van der Waals surface area contributed by atoms with E-state index in [0.717, 1.165) is 61.2 Å². The summed E-state index contributed by atoms with van der Waals surface area (Å²) >= 11 is 0. The van der Waals surface area contributed by atoms with Crippen LogP contribution in [0, 0.1) is 17.8 Å². The summed E-state index contributed by atoms with van der Waals surface area (Å²) in [5.41, 5.74) is 1.73. The highest BCUT2D eigenvalue weighted by molar-refractivity contribution is 7.91. The molecule has 6 heteroatoms. The molecule has 0 radical (unpaired) electrons. The summed E-state index contributed by atoms with van der Waals surface area (Å²) in [6, 6.07) is 12.0. The first-order valence-corrected chi connectivity index (χ1v) is 14.5. The van der Waals surface area contributed by atoms with Gasteiger partial charge in [0.1, 0.15) is 5.75 Å². The van der Waals surface area contributed by atoms with Gasteiger partial charge in [-0.05, 0) is 104 Å². The molecule has 6 rings (SSSR count). The third kappa shape index (κ3) is 4.74. The maximum absolute atomic E-state index is 13.7. The molecule has 2 aromatic rings. The average Bonchev–Trinajstić information content (AvgIpc) is 2.83. The molecule has 4 aliphatic rings. The number of benzene rings is 2. The fourth-order valence-corrected chi connectivity index (χ4v) is 8.57. The number of carbonyl (C=O) groups is 1. The molecular formula is C29H36O5S. The lowest BCUT2D eigenvalue weighted by Gasteiger charge is -2.57. The molecule has 4 fully saturated rings. The highest BCUT2D eigenvalue weighted by Gasteiger charge is 2.52. The molecule has 0 aliphatic heterocycles. The molecule has 0 spiro atoms. The number of methoxy groups -OCH3 is 1. The maximum atomic E-state index is 13.7. The number of hydrogen-bond donors (Lipinski definition) is 0. The molecule has 4 saturated carbocycles. The van der Waals surface area contributed by atoms with Crippen LogP contribution in [0.4, 0.5) is 0 Å². The van der Waals surface area contributed by atoms with E-state index >= 15 is 0 Å². The van der Waals surface area contributed by atoms with Crippen molar-refractivity contribution < 1.29 is 22.7 Å². The topological polar surface area (TPSA) is 69.7 Å². The first kappa shape index (κ1) is 24.4. The molecule has 0 saturated heterocycles. The second-order valence-corrected chi connectivity index (χ2v) is 12.9. The van der Waals surface area contributed by atoms with Crippen molar-refractivity contribution in [3.63, 3.8) is 0 Å². The Kier molecular flexibility index (Phi) is 6.69. The van der Waals surface area contributed by atoms with Gasteiger partial charge in [-0.2, -0.15) is 0 Å². The van der Waals surface area contributed by atoms with Gasteiger partial charge in [-0.3, -0.25) is 4.79 Å². The molecule has 0 unspecified atom stereocenters. The van der Waals surface area contributed by atoms with E-state index in [1.807, 2.05) is 19.1 Å². The first-order valence-electron chi connectivity index (χ1n) is 13.0. The lowest BCUT2D eigenvalue weighted by atomic mass is 9.48. The number of esters is 1. The summed E-state index contributed by atoms with van der Waals surface area (Å²) in [7, 11) is -2.07. The van der Waals surface area contributed by atoms with Gasteiger partial charge in [0.2, 0.25) is 9.84 Å². The Bertz CT molecular complexity index is 1160. The van der Waals surface area contributed by atoms with Crippen molar-refractivity contribution in [3.8, 4) is 5.75 Å². The summed E-state index contributed by atoms with van der Waals surface area (Å²) in [6.07, 6.45) is 9.22. The van der Waals surface area contributed by atoms with Gasteiger partial charge in [0.15, 0.2) is 0 Å². The van der Waals surface area contributed by atoms with Crippen molar-refractivity contribution in [2.45, 2.75) is 79.9 Å². The van der Waals surface area contributed by atoms with Crippen molar-refractivity contribution in [1.29, 1.82) is 0 Å². The van der Waals surface area contributed by atoms with Crippen molar-refractivity contribution >= 4 is 15.8 Å². The highest BCUT2D eigenvalue weighted by Crippen LogP contribution is 2.62. The Balaban J connectivity index is 1.44. The van der Waals surface area contributed by atoms with E-state index in [-0.39, 0.29) is 22.7 Å². The van der Waals surface area contributed by atoms with Crippen molar-refractivity contribution in [2.75, 3.05) is 13.7 Å². The molecule has 188 valence electrons. The minimum atomic E-state index is -3.74. The van der Waals surface area contributed by atoms with Gasteiger partial charge in [-0.25, -0.2) is 8.42 Å². The first-order chi connectivity index (χ1) is 16.8. The summed E-state index contributed by atoms with van der Waals surface area (Å²) in [5, 5.41) is 0. The minimum Gasteiger partial charge on any atom is -0.496 e. The second kappa shape index (κ2) is 9.61. The molecule has 0 aromatic heterocycles. The Labute approximate surface area is 209 Å². The molecule has 0 amide bonds. The number of rotatable bonds is 9. The standard InChI is InChI=1S/C29H36O5S/c1-3-4-10-34-28(30)15-20-6-5-7-24(14-20)35(31,32)25-8-9-27(33-2)26(16-25)29-17-21-11-22(18-29)13-23(12-21)19-29/h5-9,14,16,21-23H,3-4,10-13,15,17-19H2,1-2H3. The van der Waals surface area contributed by atoms with Crippen LogP contribution in [0.25, 0.3) is 0 Å². The number of hydrogen-bond acceptors (Lipinski definition) is 5. The average molecular weight is 497 g/mol. The van der Waals surface area contributed by atoms with Crippen LogP contribution in [-0.4, -0.2) is 28.1 Å². The number of ether oxygens (including phenoxy) is 2. The van der Waals surface area contributed by atoms with E-state index in [2.05, 4.69) is 0 Å². The van der Waals surface area contributed by atoms with Gasteiger partial charge in [-0.1, -0.05) is 25.5 Å². The Morgan fingerprint density at radius 2 is 1.63 bits per heavy atom. The van der Waals surface area contributed by atoms with Crippen LogP contribution < -0.4 is 4.74 Å². The third-order valence-corrected chi connectivity index (χ3v) is 10.2. The van der Waals surface area contributed by atoms with Gasteiger partial charge < -0.3 is 9.47 Å². The zero-order valence-electron chi connectivity index (χ0n) is 20.8. The fraction of sp³-hybridized carbons (Fsp3) is 0.552. The van der Waals surface area contributed by atoms with E-state index in [1.54, 1.807) is 37.4 Å². The zero-order chi connectivity index (χ0) is 24.6. The van der Waals surface area contributed by atoms with Gasteiger partial charge in [0.25, 0.3) is 0 Å². The van der Waals surface area contributed by atoms with Crippen LogP contribution in [-0.2, 0) is 31.2 Å². The molecule has 5 nitrogen and oxygen atoms in total. The summed E-state index contributed by atoms with van der Waals surface area (Å²) < 4.78 is 38.4. The normalized spacial score (nSPS) is 27.1. The summed E-state index contributed by atoms with van der Waals surface area (Å²) in [5.74, 6) is 2.72. The Morgan fingerprint density at radius 1 is 0.971 bits per heavy atom. The van der Waals surface area contributed by atoms with Crippen molar-refractivity contribution in [1.82, 2.24) is 0 Å². The van der Waals surface area contributed by atoms with Crippen LogP contribution in [0.5, 0.6) is 5.75 Å². The zero-order valence-corrected chi connectivity index (χ0v) is 21.6. The molecule has 0 N–H and O–H groups in total. The smallest absolute Gasteiger partial charge is 0.310 e. The van der Waals surface area contributed by atoms with E-state index in [0.29, 0.717) is 17.1 Å². The van der Waals surface area contributed by atoms with Crippen LogP contribution in [0.1, 0.15) is 69.4 Å². The van der Waals surface area contributed by atoms with E-state index in [4.69, 9.17) is 9.47 Å². The van der Waals surface area contributed by atoms with Gasteiger partial charge in [0.05, 0.1) is 29.9 Å². The van der Waals surface area contributed by atoms with E-state index in [9.17, 15) is 13.2 Å². The van der Waals surface area contributed by atoms with Crippen LogP contribution >= 0.6 is 0 Å². The molecule has 0 atom stereocenters. The SMILES string of the molecule is CCCCOC(=O)Cc1cccc(S(=O)(=O)c2ccc(OC)c(C34CC5CC(CC(C5)C3)C4)c2)c1.